The molecule has 1 aromatic rings. The summed E-state index contributed by atoms with van der Waals surface area (Å²) in [4.78, 5) is 12.4. The molecule has 1 aromatic carbocycles. The number of benzene rings is 1. The second kappa shape index (κ2) is 5.42. The monoisotopic (exact) mass is 349 g/mol. The van der Waals surface area contributed by atoms with Crippen LogP contribution in [0.3, 0.4) is 0 Å². The summed E-state index contributed by atoms with van der Waals surface area (Å²) in [5.41, 5.74) is 2.59. The fourth-order valence-electron chi connectivity index (χ4n) is 4.04. The number of carbonyl (C=O) groups excluding carboxylic acids is 1. The van der Waals surface area contributed by atoms with Gasteiger partial charge in [0.1, 0.15) is 0 Å². The number of fused-ring (bicyclic) bond motifs is 1. The Kier molecular flexibility index (Phi) is 3.89. The van der Waals surface area contributed by atoms with Gasteiger partial charge in [0.15, 0.2) is 0 Å². The van der Waals surface area contributed by atoms with Gasteiger partial charge in [0.2, 0.25) is 5.91 Å². The van der Waals surface area contributed by atoms with Crippen LogP contribution in [0, 0.1) is 17.3 Å². The number of anilines is 1. The van der Waals surface area contributed by atoms with E-state index in [0.29, 0.717) is 11.3 Å². The number of amides is 1. The average molecular weight is 350 g/mol. The number of hydrogen-bond donors (Lipinski definition) is 1. The van der Waals surface area contributed by atoms with Crippen LogP contribution in [-0.2, 0) is 4.79 Å². The predicted octanol–water partition coefficient (Wildman–Crippen LogP) is 5.34. The highest BCUT2D eigenvalue weighted by molar-refractivity contribution is 9.10. The molecule has 1 N–H and O–H groups in total. The third-order valence-corrected chi connectivity index (χ3v) is 5.85. The molecule has 0 saturated heterocycles. The zero-order valence-corrected chi connectivity index (χ0v) is 14.7. The molecule has 21 heavy (non-hydrogen) atoms. The fraction of sp³-hybridized carbons (Fsp3) is 0.611. The first-order chi connectivity index (χ1) is 9.86. The van der Waals surface area contributed by atoms with Crippen LogP contribution in [-0.4, -0.2) is 5.91 Å². The van der Waals surface area contributed by atoms with E-state index in [4.69, 9.17) is 0 Å². The van der Waals surface area contributed by atoms with Crippen molar-refractivity contribution in [3.63, 3.8) is 0 Å². The van der Waals surface area contributed by atoms with E-state index < -0.39 is 0 Å². The van der Waals surface area contributed by atoms with Crippen molar-refractivity contribution in [3.05, 3.63) is 28.2 Å². The zero-order chi connectivity index (χ0) is 15.2. The molecule has 0 aromatic heterocycles. The third kappa shape index (κ3) is 2.90. The molecule has 3 rings (SSSR count). The van der Waals surface area contributed by atoms with Gasteiger partial charge in [0, 0.05) is 10.2 Å². The molecule has 1 saturated carbocycles. The summed E-state index contributed by atoms with van der Waals surface area (Å²) in [5, 5.41) is 3.05. The van der Waals surface area contributed by atoms with E-state index in [1.807, 2.05) is 12.1 Å². The van der Waals surface area contributed by atoms with E-state index in [1.54, 1.807) is 0 Å². The minimum Gasteiger partial charge on any atom is -0.325 e. The van der Waals surface area contributed by atoms with Crippen molar-refractivity contribution in [2.24, 2.45) is 17.3 Å². The molecule has 1 aliphatic heterocycles. The van der Waals surface area contributed by atoms with E-state index in [-0.39, 0.29) is 11.8 Å². The third-order valence-electron chi connectivity index (χ3n) is 5.36. The maximum atomic E-state index is 12.4. The first kappa shape index (κ1) is 15.1. The normalized spacial score (nSPS) is 29.1. The molecular weight excluding hydrogens is 326 g/mol. The van der Waals surface area contributed by atoms with E-state index in [1.165, 1.54) is 31.2 Å². The Morgan fingerprint density at radius 1 is 1.14 bits per heavy atom. The Balaban J connectivity index is 1.77. The van der Waals surface area contributed by atoms with Gasteiger partial charge >= 0.3 is 0 Å². The van der Waals surface area contributed by atoms with E-state index in [9.17, 15) is 4.79 Å². The molecular formula is C18H24BrNO. The second-order valence-corrected chi connectivity index (χ2v) is 8.59. The smallest absolute Gasteiger partial charge is 0.232 e. The highest BCUT2D eigenvalue weighted by atomic mass is 79.9. The summed E-state index contributed by atoms with van der Waals surface area (Å²) >= 11 is 3.53. The summed E-state index contributed by atoms with van der Waals surface area (Å²) in [7, 11) is 0. The molecule has 1 amide bonds. The van der Waals surface area contributed by atoms with Crippen LogP contribution in [0.1, 0.15) is 57.9 Å². The van der Waals surface area contributed by atoms with Crippen molar-refractivity contribution in [2.45, 2.75) is 52.4 Å². The van der Waals surface area contributed by atoms with Crippen molar-refractivity contribution in [1.82, 2.24) is 0 Å². The summed E-state index contributed by atoms with van der Waals surface area (Å²) in [6, 6.07) is 6.13. The van der Waals surface area contributed by atoms with Gasteiger partial charge in [0.25, 0.3) is 0 Å². The van der Waals surface area contributed by atoms with E-state index in [2.05, 4.69) is 48.1 Å². The van der Waals surface area contributed by atoms with Gasteiger partial charge in [-0.15, -0.1) is 0 Å². The van der Waals surface area contributed by atoms with Gasteiger partial charge in [-0.2, -0.15) is 0 Å². The van der Waals surface area contributed by atoms with Gasteiger partial charge in [-0.05, 0) is 66.7 Å². The SMILES string of the molecule is CC(C)(C)C1CCC(C2C(=O)Nc3ccc(Br)cc32)CC1. The minimum atomic E-state index is 0.0541. The lowest BCUT2D eigenvalue weighted by Crippen LogP contribution is -2.30. The Labute approximate surface area is 135 Å². The molecule has 1 fully saturated rings. The predicted molar refractivity (Wildman–Crippen MR) is 90.4 cm³/mol. The molecule has 0 radical (unpaired) electrons. The lowest BCUT2D eigenvalue weighted by Gasteiger charge is -2.38. The van der Waals surface area contributed by atoms with Crippen LogP contribution in [0.4, 0.5) is 5.69 Å². The largest absolute Gasteiger partial charge is 0.325 e. The summed E-state index contributed by atoms with van der Waals surface area (Å²) < 4.78 is 1.06. The fourth-order valence-corrected chi connectivity index (χ4v) is 4.42. The van der Waals surface area contributed by atoms with Crippen LogP contribution in [0.15, 0.2) is 22.7 Å². The van der Waals surface area contributed by atoms with Crippen LogP contribution >= 0.6 is 15.9 Å². The number of rotatable bonds is 1. The van der Waals surface area contributed by atoms with Crippen molar-refractivity contribution in [3.8, 4) is 0 Å². The van der Waals surface area contributed by atoms with Crippen LogP contribution < -0.4 is 5.32 Å². The molecule has 1 heterocycles. The summed E-state index contributed by atoms with van der Waals surface area (Å²) in [5.74, 6) is 1.54. The van der Waals surface area contributed by atoms with Crippen molar-refractivity contribution in [2.75, 3.05) is 5.32 Å². The van der Waals surface area contributed by atoms with E-state index in [0.717, 1.165) is 16.1 Å². The molecule has 1 atom stereocenters. The van der Waals surface area contributed by atoms with Crippen molar-refractivity contribution in [1.29, 1.82) is 0 Å². The maximum Gasteiger partial charge on any atom is 0.232 e. The molecule has 0 bridgehead atoms. The van der Waals surface area contributed by atoms with Gasteiger partial charge in [-0.3, -0.25) is 4.79 Å². The zero-order valence-electron chi connectivity index (χ0n) is 13.1. The summed E-state index contributed by atoms with van der Waals surface area (Å²) in [6.45, 7) is 7.02. The molecule has 1 unspecified atom stereocenters. The van der Waals surface area contributed by atoms with Gasteiger partial charge in [-0.1, -0.05) is 36.7 Å². The molecule has 2 nitrogen and oxygen atoms in total. The molecule has 114 valence electrons. The Hall–Kier alpha value is -0.830. The number of halogens is 1. The summed E-state index contributed by atoms with van der Waals surface area (Å²) in [6.07, 6.45) is 4.85. The Morgan fingerprint density at radius 2 is 1.81 bits per heavy atom. The van der Waals surface area contributed by atoms with Crippen LogP contribution in [0.5, 0.6) is 0 Å². The topological polar surface area (TPSA) is 29.1 Å². The lowest BCUT2D eigenvalue weighted by atomic mass is 9.67. The Morgan fingerprint density at radius 3 is 2.43 bits per heavy atom. The van der Waals surface area contributed by atoms with Gasteiger partial charge in [-0.25, -0.2) is 0 Å². The molecule has 1 aliphatic carbocycles. The van der Waals surface area contributed by atoms with Crippen LogP contribution in [0.2, 0.25) is 0 Å². The highest BCUT2D eigenvalue weighted by Gasteiger charge is 2.40. The molecule has 3 heteroatoms. The number of nitrogens with one attached hydrogen (secondary N) is 1. The maximum absolute atomic E-state index is 12.4. The number of hydrogen-bond acceptors (Lipinski definition) is 1. The first-order valence-electron chi connectivity index (χ1n) is 7.96. The first-order valence-corrected chi connectivity index (χ1v) is 8.76. The van der Waals surface area contributed by atoms with Crippen molar-refractivity contribution >= 4 is 27.5 Å². The minimum absolute atomic E-state index is 0.0541. The van der Waals surface area contributed by atoms with Gasteiger partial charge < -0.3 is 5.32 Å². The molecule has 2 aliphatic rings. The highest BCUT2D eigenvalue weighted by Crippen LogP contribution is 2.47. The van der Waals surface area contributed by atoms with Crippen molar-refractivity contribution < 1.29 is 4.79 Å². The lowest BCUT2D eigenvalue weighted by molar-refractivity contribution is -0.118. The Bertz CT molecular complexity index is 553. The van der Waals surface area contributed by atoms with E-state index >= 15 is 0 Å². The van der Waals surface area contributed by atoms with Gasteiger partial charge in [0.05, 0.1) is 5.92 Å². The van der Waals surface area contributed by atoms with Crippen LogP contribution in [0.25, 0.3) is 0 Å². The second-order valence-electron chi connectivity index (χ2n) is 7.68. The molecule has 0 spiro atoms. The standard InChI is InChI=1S/C18H24BrNO/c1-18(2,3)12-6-4-11(5-7-12)16-14-10-13(19)8-9-15(14)20-17(16)21/h8-12,16H,4-7H2,1-3H3,(H,20,21). The quantitative estimate of drug-likeness (QED) is 0.728. The average Bonchev–Trinajstić information content (AvgIpc) is 2.73. The number of carbonyl (C=O) groups is 1.